The quantitative estimate of drug-likeness (QED) is 0.689. The molecule has 0 aliphatic heterocycles. The SMILES string of the molecule is CCCCCOc1ccn(Cc2ccccc2CC)c(=O)c1. The molecule has 0 amide bonds. The maximum atomic E-state index is 12.2. The minimum absolute atomic E-state index is 0.0149. The Kier molecular flexibility index (Phi) is 6.26. The fourth-order valence-electron chi connectivity index (χ4n) is 2.49. The van der Waals surface area contributed by atoms with Crippen LogP contribution >= 0.6 is 0 Å². The average molecular weight is 299 g/mol. The maximum absolute atomic E-state index is 12.2. The Bertz CT molecular complexity index is 646. The molecule has 0 unspecified atom stereocenters. The first kappa shape index (κ1) is 16.3. The van der Waals surface area contributed by atoms with Gasteiger partial charge >= 0.3 is 0 Å². The third kappa shape index (κ3) is 4.48. The van der Waals surface area contributed by atoms with Crippen molar-refractivity contribution in [1.82, 2.24) is 4.57 Å². The molecule has 0 aliphatic carbocycles. The number of ether oxygens (including phenoxy) is 1. The Morgan fingerprint density at radius 1 is 1.05 bits per heavy atom. The smallest absolute Gasteiger partial charge is 0.254 e. The number of pyridine rings is 1. The van der Waals surface area contributed by atoms with Crippen LogP contribution in [-0.2, 0) is 13.0 Å². The molecule has 1 aromatic heterocycles. The van der Waals surface area contributed by atoms with E-state index in [1.807, 2.05) is 24.4 Å². The van der Waals surface area contributed by atoms with E-state index in [1.165, 1.54) is 17.5 Å². The van der Waals surface area contributed by atoms with Crippen LogP contribution in [0, 0.1) is 0 Å². The van der Waals surface area contributed by atoms with Crippen molar-refractivity contribution in [1.29, 1.82) is 0 Å². The molecule has 0 saturated heterocycles. The van der Waals surface area contributed by atoms with Gasteiger partial charge in [0.05, 0.1) is 13.2 Å². The van der Waals surface area contributed by atoms with Gasteiger partial charge in [0.25, 0.3) is 5.56 Å². The minimum atomic E-state index is -0.0149. The molecule has 0 bridgehead atoms. The summed E-state index contributed by atoms with van der Waals surface area (Å²) in [4.78, 5) is 12.2. The van der Waals surface area contributed by atoms with Gasteiger partial charge in [-0.1, -0.05) is 51.0 Å². The van der Waals surface area contributed by atoms with E-state index in [1.54, 1.807) is 10.6 Å². The van der Waals surface area contributed by atoms with Crippen LogP contribution in [0.2, 0.25) is 0 Å². The fourth-order valence-corrected chi connectivity index (χ4v) is 2.49. The lowest BCUT2D eigenvalue weighted by Crippen LogP contribution is -2.20. The van der Waals surface area contributed by atoms with E-state index in [2.05, 4.69) is 26.0 Å². The number of benzene rings is 1. The molecular weight excluding hydrogens is 274 g/mol. The lowest BCUT2D eigenvalue weighted by atomic mass is 10.1. The van der Waals surface area contributed by atoms with Gasteiger partial charge in [0.15, 0.2) is 0 Å². The summed E-state index contributed by atoms with van der Waals surface area (Å²) in [5.74, 6) is 0.668. The summed E-state index contributed by atoms with van der Waals surface area (Å²) in [7, 11) is 0. The van der Waals surface area contributed by atoms with Crippen LogP contribution in [0.1, 0.15) is 44.2 Å². The highest BCUT2D eigenvalue weighted by atomic mass is 16.5. The molecule has 1 aromatic carbocycles. The van der Waals surface area contributed by atoms with Gasteiger partial charge < -0.3 is 9.30 Å². The molecule has 22 heavy (non-hydrogen) atoms. The summed E-state index contributed by atoms with van der Waals surface area (Å²) in [6.07, 6.45) is 6.16. The summed E-state index contributed by atoms with van der Waals surface area (Å²) >= 11 is 0. The first-order chi connectivity index (χ1) is 10.7. The molecule has 0 fully saturated rings. The first-order valence-corrected chi connectivity index (χ1v) is 8.14. The van der Waals surface area contributed by atoms with Crippen LogP contribution in [0.15, 0.2) is 47.4 Å². The maximum Gasteiger partial charge on any atom is 0.254 e. The number of aryl methyl sites for hydroxylation is 1. The Morgan fingerprint density at radius 3 is 2.50 bits per heavy atom. The molecular formula is C19H25NO2. The number of hydrogen-bond donors (Lipinski definition) is 0. The van der Waals surface area contributed by atoms with Crippen molar-refractivity contribution in [3.63, 3.8) is 0 Å². The van der Waals surface area contributed by atoms with Gasteiger partial charge in [0.2, 0.25) is 0 Å². The van der Waals surface area contributed by atoms with Crippen molar-refractivity contribution in [2.45, 2.75) is 46.1 Å². The van der Waals surface area contributed by atoms with Crippen molar-refractivity contribution >= 4 is 0 Å². The predicted octanol–water partition coefficient (Wildman–Crippen LogP) is 4.03. The second kappa shape index (κ2) is 8.42. The summed E-state index contributed by atoms with van der Waals surface area (Å²) in [6.45, 7) is 5.58. The van der Waals surface area contributed by atoms with Crippen molar-refractivity contribution in [3.05, 3.63) is 64.1 Å². The first-order valence-electron chi connectivity index (χ1n) is 8.14. The van der Waals surface area contributed by atoms with E-state index in [0.717, 1.165) is 19.3 Å². The molecule has 3 heteroatoms. The highest BCUT2D eigenvalue weighted by Gasteiger charge is 2.04. The Morgan fingerprint density at radius 2 is 1.82 bits per heavy atom. The van der Waals surface area contributed by atoms with Gasteiger partial charge in [0.1, 0.15) is 5.75 Å². The van der Waals surface area contributed by atoms with E-state index in [0.29, 0.717) is 18.9 Å². The van der Waals surface area contributed by atoms with Crippen molar-refractivity contribution in [2.75, 3.05) is 6.61 Å². The molecule has 3 nitrogen and oxygen atoms in total. The zero-order valence-corrected chi connectivity index (χ0v) is 13.5. The van der Waals surface area contributed by atoms with Crippen LogP contribution in [-0.4, -0.2) is 11.2 Å². The molecule has 0 atom stereocenters. The van der Waals surface area contributed by atoms with E-state index < -0.39 is 0 Å². The van der Waals surface area contributed by atoms with Gasteiger partial charge in [-0.3, -0.25) is 4.79 Å². The fraction of sp³-hybridized carbons (Fsp3) is 0.421. The highest BCUT2D eigenvalue weighted by molar-refractivity contribution is 5.28. The van der Waals surface area contributed by atoms with Gasteiger partial charge in [-0.05, 0) is 30.0 Å². The predicted molar refractivity (Wildman–Crippen MR) is 90.6 cm³/mol. The van der Waals surface area contributed by atoms with E-state index in [9.17, 15) is 4.79 Å². The minimum Gasteiger partial charge on any atom is -0.493 e. The van der Waals surface area contributed by atoms with Crippen LogP contribution in [0.5, 0.6) is 5.75 Å². The average Bonchev–Trinajstić information content (AvgIpc) is 2.54. The normalized spacial score (nSPS) is 10.6. The monoisotopic (exact) mass is 299 g/mol. The second-order valence-electron chi connectivity index (χ2n) is 5.51. The van der Waals surface area contributed by atoms with Gasteiger partial charge in [-0.25, -0.2) is 0 Å². The number of unbranched alkanes of at least 4 members (excludes halogenated alkanes) is 2. The van der Waals surface area contributed by atoms with Gasteiger partial charge in [0, 0.05) is 12.3 Å². The van der Waals surface area contributed by atoms with Crippen LogP contribution < -0.4 is 10.3 Å². The Hall–Kier alpha value is -2.03. The molecule has 0 saturated carbocycles. The van der Waals surface area contributed by atoms with E-state index in [-0.39, 0.29) is 5.56 Å². The Labute approximate surface area is 132 Å². The van der Waals surface area contributed by atoms with Crippen molar-refractivity contribution < 1.29 is 4.74 Å². The standard InChI is InChI=1S/C19H25NO2/c1-3-5-8-13-22-18-11-12-20(19(21)14-18)15-17-10-7-6-9-16(17)4-2/h6-7,9-12,14H,3-5,8,13,15H2,1-2H3. The van der Waals surface area contributed by atoms with E-state index >= 15 is 0 Å². The summed E-state index contributed by atoms with van der Waals surface area (Å²) in [5, 5.41) is 0. The zero-order chi connectivity index (χ0) is 15.8. The molecule has 2 rings (SSSR count). The number of rotatable bonds is 8. The lowest BCUT2D eigenvalue weighted by molar-refractivity contribution is 0.305. The summed E-state index contributed by atoms with van der Waals surface area (Å²) in [5.41, 5.74) is 2.47. The molecule has 118 valence electrons. The van der Waals surface area contributed by atoms with Crippen LogP contribution in [0.3, 0.4) is 0 Å². The third-order valence-electron chi connectivity index (χ3n) is 3.82. The highest BCUT2D eigenvalue weighted by Crippen LogP contribution is 2.12. The molecule has 1 heterocycles. The van der Waals surface area contributed by atoms with Crippen molar-refractivity contribution in [2.24, 2.45) is 0 Å². The number of aromatic nitrogens is 1. The summed E-state index contributed by atoms with van der Waals surface area (Å²) < 4.78 is 7.36. The summed E-state index contributed by atoms with van der Waals surface area (Å²) in [6, 6.07) is 11.7. The Balaban J connectivity index is 2.05. The molecule has 0 aliphatic rings. The lowest BCUT2D eigenvalue weighted by Gasteiger charge is -2.11. The van der Waals surface area contributed by atoms with Crippen molar-refractivity contribution in [3.8, 4) is 5.75 Å². The second-order valence-corrected chi connectivity index (χ2v) is 5.51. The zero-order valence-electron chi connectivity index (χ0n) is 13.5. The van der Waals surface area contributed by atoms with Gasteiger partial charge in [-0.15, -0.1) is 0 Å². The topological polar surface area (TPSA) is 31.2 Å². The number of nitrogens with zero attached hydrogens (tertiary/aromatic N) is 1. The van der Waals surface area contributed by atoms with E-state index in [4.69, 9.17) is 4.74 Å². The number of hydrogen-bond acceptors (Lipinski definition) is 2. The molecule has 0 spiro atoms. The van der Waals surface area contributed by atoms with Crippen LogP contribution in [0.25, 0.3) is 0 Å². The largest absolute Gasteiger partial charge is 0.493 e. The molecule has 0 N–H and O–H groups in total. The van der Waals surface area contributed by atoms with Crippen LogP contribution in [0.4, 0.5) is 0 Å². The van der Waals surface area contributed by atoms with Gasteiger partial charge in [-0.2, -0.15) is 0 Å². The third-order valence-corrected chi connectivity index (χ3v) is 3.82. The molecule has 2 aromatic rings. The molecule has 0 radical (unpaired) electrons.